The molecule has 0 unspecified atom stereocenters. The lowest BCUT2D eigenvalue weighted by Crippen LogP contribution is -2.41. The van der Waals surface area contributed by atoms with Crippen molar-refractivity contribution in [1.82, 2.24) is 9.96 Å². The van der Waals surface area contributed by atoms with Gasteiger partial charge in [0, 0.05) is 35.5 Å². The Bertz CT molecular complexity index is 1150. The zero-order valence-electron chi connectivity index (χ0n) is 17.0. The van der Waals surface area contributed by atoms with E-state index < -0.39 is 21.9 Å². The number of rotatable bonds is 6. The van der Waals surface area contributed by atoms with Crippen LogP contribution < -0.4 is 0 Å². The molecule has 3 amide bonds. The zero-order chi connectivity index (χ0) is 22.2. The van der Waals surface area contributed by atoms with Crippen LogP contribution in [0.3, 0.4) is 0 Å². The lowest BCUT2D eigenvalue weighted by Gasteiger charge is -2.27. The van der Waals surface area contributed by atoms with Gasteiger partial charge < -0.3 is 4.90 Å². The van der Waals surface area contributed by atoms with Gasteiger partial charge in [-0.3, -0.25) is 14.4 Å². The van der Waals surface area contributed by atoms with Crippen molar-refractivity contribution in [3.8, 4) is 0 Å². The van der Waals surface area contributed by atoms with Crippen LogP contribution in [-0.2, 0) is 19.2 Å². The number of hydroxylamine groups is 2. The van der Waals surface area contributed by atoms with E-state index >= 15 is 0 Å². The number of piperidine rings is 1. The van der Waals surface area contributed by atoms with E-state index in [1.165, 1.54) is 24.2 Å². The summed E-state index contributed by atoms with van der Waals surface area (Å²) in [6.07, 6.45) is 4.46. The number of thioether (sulfide) groups is 1. The highest BCUT2D eigenvalue weighted by atomic mass is 32.2. The normalized spacial score (nSPS) is 16.8. The topological polar surface area (TPSA) is 101 Å². The molecule has 2 aliphatic rings. The average molecular weight is 463 g/mol. The summed E-state index contributed by atoms with van der Waals surface area (Å²) in [6.45, 7) is 1.64. The van der Waals surface area contributed by atoms with Gasteiger partial charge in [0.05, 0.1) is 17.4 Å². The Kier molecular flexibility index (Phi) is 6.05. The number of likely N-dealkylation sites (tertiary alicyclic amines) is 1. The van der Waals surface area contributed by atoms with Crippen LogP contribution in [0, 0.1) is 0 Å². The Morgan fingerprint density at radius 3 is 2.39 bits per heavy atom. The molecule has 0 aliphatic carbocycles. The number of imide groups is 1. The lowest BCUT2D eigenvalue weighted by atomic mass is 9.95. The molecule has 2 aromatic rings. The first kappa shape index (κ1) is 21.8. The van der Waals surface area contributed by atoms with E-state index in [4.69, 9.17) is 0 Å². The number of hydrogen-bond donors (Lipinski definition) is 0. The molecular formula is C21H22N2O6S2. The number of amides is 3. The quantitative estimate of drug-likeness (QED) is 0.481. The summed E-state index contributed by atoms with van der Waals surface area (Å²) in [5.41, 5.74) is 0.394. The van der Waals surface area contributed by atoms with Gasteiger partial charge in [0.15, 0.2) is 0 Å². The van der Waals surface area contributed by atoms with E-state index in [2.05, 4.69) is 4.28 Å². The van der Waals surface area contributed by atoms with E-state index in [1.54, 1.807) is 18.2 Å². The second-order valence-corrected chi connectivity index (χ2v) is 10.3. The Hall–Kier alpha value is -2.43. The van der Waals surface area contributed by atoms with Gasteiger partial charge in [-0.1, -0.05) is 12.1 Å². The van der Waals surface area contributed by atoms with Crippen LogP contribution in [0.2, 0.25) is 0 Å². The van der Waals surface area contributed by atoms with Gasteiger partial charge in [-0.2, -0.15) is 8.42 Å². The zero-order valence-corrected chi connectivity index (χ0v) is 18.6. The first-order valence-electron chi connectivity index (χ1n) is 10.0. The maximum absolute atomic E-state index is 12.7. The standard InChI is InChI=1S/C21H22N2O6S2/c1-31(27,28)29-23-20(25)15-7-5-6-14-17(9-8-16(19(14)15)21(23)26)30-13-10-18(24)22-11-3-2-4-12-22/h5-9H,2-4,10-13H2,1H3. The first-order chi connectivity index (χ1) is 14.8. The van der Waals surface area contributed by atoms with Crippen LogP contribution in [0.25, 0.3) is 10.8 Å². The smallest absolute Gasteiger partial charge is 0.286 e. The molecule has 1 saturated heterocycles. The van der Waals surface area contributed by atoms with Crippen LogP contribution in [0.5, 0.6) is 0 Å². The van der Waals surface area contributed by atoms with Crippen LogP contribution >= 0.6 is 11.8 Å². The molecule has 0 bridgehead atoms. The maximum atomic E-state index is 12.7. The number of benzene rings is 2. The molecule has 0 saturated carbocycles. The molecule has 2 aliphatic heterocycles. The SMILES string of the molecule is CS(=O)(=O)ON1C(=O)c2cccc3c(SCCC(=O)N4CCCCC4)ccc(c23)C1=O. The van der Waals surface area contributed by atoms with Crippen molar-refractivity contribution in [3.05, 3.63) is 41.5 Å². The van der Waals surface area contributed by atoms with Gasteiger partial charge in [0.25, 0.3) is 21.9 Å². The van der Waals surface area contributed by atoms with Crippen LogP contribution in [-0.4, -0.2) is 61.2 Å². The van der Waals surface area contributed by atoms with Crippen molar-refractivity contribution in [2.24, 2.45) is 0 Å². The third kappa shape index (κ3) is 4.46. The number of nitrogens with zero attached hydrogens (tertiary/aromatic N) is 2. The summed E-state index contributed by atoms with van der Waals surface area (Å²) in [6, 6.07) is 8.34. The second-order valence-electron chi connectivity index (χ2n) is 7.56. The molecule has 0 spiro atoms. The fraction of sp³-hybridized carbons (Fsp3) is 0.381. The molecule has 2 aromatic carbocycles. The van der Waals surface area contributed by atoms with Crippen LogP contribution in [0.1, 0.15) is 46.4 Å². The fourth-order valence-corrected chi connectivity index (χ4v) is 5.32. The van der Waals surface area contributed by atoms with Crippen molar-refractivity contribution < 1.29 is 27.1 Å². The second kappa shape index (κ2) is 8.60. The summed E-state index contributed by atoms with van der Waals surface area (Å²) in [4.78, 5) is 40.7. The molecule has 8 nitrogen and oxygen atoms in total. The maximum Gasteiger partial charge on any atom is 0.286 e. The summed E-state index contributed by atoms with van der Waals surface area (Å²) in [7, 11) is -4.05. The van der Waals surface area contributed by atoms with E-state index in [9.17, 15) is 22.8 Å². The van der Waals surface area contributed by atoms with Gasteiger partial charge in [0.2, 0.25) is 5.91 Å². The Morgan fingerprint density at radius 2 is 1.71 bits per heavy atom. The molecule has 1 fully saturated rings. The van der Waals surface area contributed by atoms with Gasteiger partial charge >= 0.3 is 0 Å². The largest absolute Gasteiger partial charge is 0.343 e. The molecule has 0 radical (unpaired) electrons. The van der Waals surface area contributed by atoms with Crippen LogP contribution in [0.4, 0.5) is 0 Å². The molecule has 0 atom stereocenters. The predicted molar refractivity (Wildman–Crippen MR) is 116 cm³/mol. The number of carbonyl (C=O) groups is 3. The average Bonchev–Trinajstić information content (AvgIpc) is 2.75. The lowest BCUT2D eigenvalue weighted by molar-refractivity contribution is -0.131. The highest BCUT2D eigenvalue weighted by Crippen LogP contribution is 2.36. The summed E-state index contributed by atoms with van der Waals surface area (Å²) in [5.74, 6) is -0.917. The Balaban J connectivity index is 1.57. The minimum atomic E-state index is -4.05. The molecule has 10 heteroatoms. The van der Waals surface area contributed by atoms with Crippen molar-refractivity contribution in [3.63, 3.8) is 0 Å². The molecule has 4 rings (SSSR count). The Labute approximate surface area is 184 Å². The van der Waals surface area contributed by atoms with Gasteiger partial charge in [-0.25, -0.2) is 0 Å². The van der Waals surface area contributed by atoms with Crippen molar-refractivity contribution in [1.29, 1.82) is 0 Å². The molecule has 31 heavy (non-hydrogen) atoms. The van der Waals surface area contributed by atoms with Gasteiger partial charge in [-0.05, 0) is 42.8 Å². The summed E-state index contributed by atoms with van der Waals surface area (Å²) >= 11 is 1.50. The number of carbonyl (C=O) groups excluding carboxylic acids is 3. The third-order valence-electron chi connectivity index (χ3n) is 5.32. The summed E-state index contributed by atoms with van der Waals surface area (Å²) < 4.78 is 27.6. The third-order valence-corrected chi connectivity index (χ3v) is 6.82. The summed E-state index contributed by atoms with van der Waals surface area (Å²) in [5, 5.41) is 1.47. The monoisotopic (exact) mass is 462 g/mol. The van der Waals surface area contributed by atoms with E-state index in [-0.39, 0.29) is 22.1 Å². The minimum Gasteiger partial charge on any atom is -0.343 e. The highest BCUT2D eigenvalue weighted by molar-refractivity contribution is 7.99. The molecule has 0 N–H and O–H groups in total. The first-order valence-corrected chi connectivity index (χ1v) is 12.8. The van der Waals surface area contributed by atoms with E-state index in [0.29, 0.717) is 22.9 Å². The Morgan fingerprint density at radius 1 is 1.03 bits per heavy atom. The molecule has 2 heterocycles. The molecule has 0 aromatic heterocycles. The van der Waals surface area contributed by atoms with Gasteiger partial charge in [0.1, 0.15) is 0 Å². The van der Waals surface area contributed by atoms with Crippen molar-refractivity contribution in [2.45, 2.75) is 30.6 Å². The molecular weight excluding hydrogens is 440 g/mol. The minimum absolute atomic E-state index is 0.147. The van der Waals surface area contributed by atoms with Crippen LogP contribution in [0.15, 0.2) is 35.2 Å². The van der Waals surface area contributed by atoms with Crippen molar-refractivity contribution >= 4 is 50.4 Å². The van der Waals surface area contributed by atoms with Crippen molar-refractivity contribution in [2.75, 3.05) is 25.1 Å². The van der Waals surface area contributed by atoms with Gasteiger partial charge in [-0.15, -0.1) is 21.1 Å². The fourth-order valence-electron chi connectivity index (χ4n) is 3.93. The molecule has 164 valence electrons. The highest BCUT2D eigenvalue weighted by Gasteiger charge is 2.36. The predicted octanol–water partition coefficient (Wildman–Crippen LogP) is 2.82. The number of hydrogen-bond acceptors (Lipinski definition) is 7. The van der Waals surface area contributed by atoms with E-state index in [1.807, 2.05) is 11.0 Å². The van der Waals surface area contributed by atoms with E-state index in [0.717, 1.165) is 37.1 Å².